The molecule has 1 fully saturated rings. The fourth-order valence-corrected chi connectivity index (χ4v) is 5.60. The summed E-state index contributed by atoms with van der Waals surface area (Å²) in [6.45, 7) is 8.26. The van der Waals surface area contributed by atoms with Crippen molar-refractivity contribution in [3.8, 4) is 0 Å². The van der Waals surface area contributed by atoms with Crippen molar-refractivity contribution >= 4 is 27.8 Å². The fourth-order valence-electron chi connectivity index (χ4n) is 4.30. The number of piperidine rings is 1. The third kappa shape index (κ3) is 8.30. The van der Waals surface area contributed by atoms with E-state index >= 15 is 0 Å². The van der Waals surface area contributed by atoms with Gasteiger partial charge in [0.1, 0.15) is 12.1 Å². The molecule has 1 aromatic carbocycles. The second-order valence-corrected chi connectivity index (χ2v) is 11.5. The van der Waals surface area contributed by atoms with Gasteiger partial charge in [0.15, 0.2) is 0 Å². The summed E-state index contributed by atoms with van der Waals surface area (Å²) in [5.41, 5.74) is 0.936. The van der Waals surface area contributed by atoms with Gasteiger partial charge in [0, 0.05) is 19.0 Å². The molecule has 1 aliphatic rings. The third-order valence-electron chi connectivity index (χ3n) is 6.98. The summed E-state index contributed by atoms with van der Waals surface area (Å²) >= 11 is 0. The summed E-state index contributed by atoms with van der Waals surface area (Å²) in [6, 6.07) is 4.64. The molecule has 2 amide bonds. The van der Waals surface area contributed by atoms with E-state index in [2.05, 4.69) is 10.0 Å². The Hall–Kier alpha value is -2.46. The first-order valence-corrected chi connectivity index (χ1v) is 14.4. The van der Waals surface area contributed by atoms with Crippen molar-refractivity contribution in [2.75, 3.05) is 13.1 Å². The standard InChI is InChI=1S/C26H41N3O6S/c1-5-7-8-9-22(26(32)33)27-24(30)20-14-16-29(17-15-20)25(31)23(19(4)6-2)28-36(34,35)21-12-10-18(3)11-13-21/h10-13,19-20,22-23,28H,5-9,14-17H2,1-4H3,(H,27,30)(H,32,33)/t19-,22-,23-/m0/s1. The van der Waals surface area contributed by atoms with Crippen LogP contribution in [0.25, 0.3) is 0 Å². The Labute approximate surface area is 215 Å². The van der Waals surface area contributed by atoms with Gasteiger partial charge >= 0.3 is 5.97 Å². The number of aliphatic carboxylic acids is 1. The van der Waals surface area contributed by atoms with Crippen molar-refractivity contribution in [3.63, 3.8) is 0 Å². The minimum Gasteiger partial charge on any atom is -0.480 e. The molecule has 1 aromatic rings. The number of hydrogen-bond donors (Lipinski definition) is 3. The molecule has 0 unspecified atom stereocenters. The lowest BCUT2D eigenvalue weighted by Crippen LogP contribution is -2.54. The number of carboxylic acids is 1. The number of rotatable bonds is 13. The molecule has 1 heterocycles. The van der Waals surface area contributed by atoms with Gasteiger partial charge in [-0.3, -0.25) is 9.59 Å². The molecule has 3 N–H and O–H groups in total. The smallest absolute Gasteiger partial charge is 0.326 e. The Morgan fingerprint density at radius 2 is 1.69 bits per heavy atom. The number of likely N-dealkylation sites (tertiary alicyclic amines) is 1. The van der Waals surface area contributed by atoms with Crippen LogP contribution in [0.5, 0.6) is 0 Å². The molecule has 0 spiro atoms. The molecular weight excluding hydrogens is 482 g/mol. The predicted octanol–water partition coefficient (Wildman–Crippen LogP) is 3.08. The van der Waals surface area contributed by atoms with E-state index in [1.807, 2.05) is 27.7 Å². The van der Waals surface area contributed by atoms with E-state index in [1.54, 1.807) is 17.0 Å². The normalized spacial score (nSPS) is 17.3. The van der Waals surface area contributed by atoms with Gasteiger partial charge in [-0.15, -0.1) is 0 Å². The van der Waals surface area contributed by atoms with Crippen LogP contribution in [0, 0.1) is 18.8 Å². The quantitative estimate of drug-likeness (QED) is 0.340. The van der Waals surface area contributed by atoms with Crippen molar-refractivity contribution in [2.45, 2.75) is 89.6 Å². The van der Waals surface area contributed by atoms with Crippen LogP contribution in [0.4, 0.5) is 0 Å². The molecule has 1 aliphatic heterocycles. The molecule has 0 aromatic heterocycles. The van der Waals surface area contributed by atoms with Crippen molar-refractivity contribution in [2.24, 2.45) is 11.8 Å². The highest BCUT2D eigenvalue weighted by molar-refractivity contribution is 7.89. The van der Waals surface area contributed by atoms with Crippen LogP contribution in [0.1, 0.15) is 71.3 Å². The van der Waals surface area contributed by atoms with Crippen molar-refractivity contribution < 1.29 is 27.9 Å². The minimum atomic E-state index is -3.89. The minimum absolute atomic E-state index is 0.108. The molecule has 2 rings (SSSR count). The van der Waals surface area contributed by atoms with E-state index in [1.165, 1.54) is 12.1 Å². The van der Waals surface area contributed by atoms with Crippen molar-refractivity contribution in [1.82, 2.24) is 14.9 Å². The van der Waals surface area contributed by atoms with Gasteiger partial charge in [-0.05, 0) is 44.2 Å². The summed E-state index contributed by atoms with van der Waals surface area (Å²) in [7, 11) is -3.89. The number of unbranched alkanes of at least 4 members (excludes halogenated alkanes) is 2. The van der Waals surface area contributed by atoms with Gasteiger partial charge in [0.25, 0.3) is 0 Å². The number of benzene rings is 1. The van der Waals surface area contributed by atoms with Crippen molar-refractivity contribution in [1.29, 1.82) is 0 Å². The van der Waals surface area contributed by atoms with Gasteiger partial charge in [0.05, 0.1) is 4.90 Å². The van der Waals surface area contributed by atoms with Crippen LogP contribution >= 0.6 is 0 Å². The van der Waals surface area contributed by atoms with Crippen molar-refractivity contribution in [3.05, 3.63) is 29.8 Å². The Kier molecular flexibility index (Phi) is 11.4. The van der Waals surface area contributed by atoms with E-state index < -0.39 is 28.1 Å². The van der Waals surface area contributed by atoms with E-state index in [-0.39, 0.29) is 28.5 Å². The number of amides is 2. The lowest BCUT2D eigenvalue weighted by molar-refractivity contribution is -0.143. The van der Waals surface area contributed by atoms with Crippen LogP contribution in [0.2, 0.25) is 0 Å². The fraction of sp³-hybridized carbons (Fsp3) is 0.654. The highest BCUT2D eigenvalue weighted by atomic mass is 32.2. The predicted molar refractivity (Wildman–Crippen MR) is 138 cm³/mol. The maximum Gasteiger partial charge on any atom is 0.326 e. The zero-order valence-electron chi connectivity index (χ0n) is 21.8. The number of hydrogen-bond acceptors (Lipinski definition) is 5. The summed E-state index contributed by atoms with van der Waals surface area (Å²) in [5.74, 6) is -2.25. The Morgan fingerprint density at radius 3 is 2.22 bits per heavy atom. The molecule has 10 heteroatoms. The van der Waals surface area contributed by atoms with E-state index in [0.29, 0.717) is 38.8 Å². The number of carbonyl (C=O) groups excluding carboxylic acids is 2. The van der Waals surface area contributed by atoms with Crippen LogP contribution in [-0.2, 0) is 24.4 Å². The molecular formula is C26H41N3O6S. The first kappa shape index (κ1) is 29.8. The second kappa shape index (κ2) is 13.7. The Bertz CT molecular complexity index is 987. The molecule has 202 valence electrons. The number of nitrogens with one attached hydrogen (secondary N) is 2. The zero-order valence-corrected chi connectivity index (χ0v) is 22.6. The molecule has 9 nitrogen and oxygen atoms in total. The first-order chi connectivity index (χ1) is 17.0. The molecule has 0 bridgehead atoms. The summed E-state index contributed by atoms with van der Waals surface area (Å²) < 4.78 is 28.6. The summed E-state index contributed by atoms with van der Waals surface area (Å²) in [4.78, 5) is 39.3. The SMILES string of the molecule is CCCCC[C@H](NC(=O)C1CCN(C(=O)[C@@H](NS(=O)(=O)c2ccc(C)cc2)[C@@H](C)CC)CC1)C(=O)O. The lowest BCUT2D eigenvalue weighted by atomic mass is 9.93. The average Bonchev–Trinajstić information content (AvgIpc) is 2.86. The molecule has 36 heavy (non-hydrogen) atoms. The van der Waals surface area contributed by atoms with Gasteiger partial charge in [-0.1, -0.05) is 64.2 Å². The van der Waals surface area contributed by atoms with Gasteiger partial charge < -0.3 is 15.3 Å². The number of aryl methyl sites for hydroxylation is 1. The van der Waals surface area contributed by atoms with E-state index in [4.69, 9.17) is 0 Å². The maximum absolute atomic E-state index is 13.4. The Balaban J connectivity index is 2.01. The molecule has 0 radical (unpaired) electrons. The summed E-state index contributed by atoms with van der Waals surface area (Å²) in [6.07, 6.45) is 4.41. The molecule has 1 saturated heterocycles. The largest absolute Gasteiger partial charge is 0.480 e. The van der Waals surface area contributed by atoms with Gasteiger partial charge in [-0.2, -0.15) is 4.72 Å². The molecule has 0 aliphatic carbocycles. The first-order valence-electron chi connectivity index (χ1n) is 12.9. The molecule has 3 atom stereocenters. The van der Waals surface area contributed by atoms with Crippen LogP contribution in [0.3, 0.4) is 0 Å². The number of sulfonamides is 1. The van der Waals surface area contributed by atoms with Gasteiger partial charge in [0.2, 0.25) is 21.8 Å². The third-order valence-corrected chi connectivity index (χ3v) is 8.44. The summed E-state index contributed by atoms with van der Waals surface area (Å²) in [5, 5.41) is 12.1. The number of carbonyl (C=O) groups is 3. The van der Waals surface area contributed by atoms with Crippen LogP contribution in [-0.4, -0.2) is 61.4 Å². The van der Waals surface area contributed by atoms with E-state index in [0.717, 1.165) is 24.8 Å². The molecule has 0 saturated carbocycles. The van der Waals surface area contributed by atoms with Crippen LogP contribution < -0.4 is 10.0 Å². The van der Waals surface area contributed by atoms with Crippen LogP contribution in [0.15, 0.2) is 29.2 Å². The monoisotopic (exact) mass is 523 g/mol. The highest BCUT2D eigenvalue weighted by Crippen LogP contribution is 2.22. The number of carboxylic acid groups (broad SMARTS) is 1. The average molecular weight is 524 g/mol. The Morgan fingerprint density at radius 1 is 1.08 bits per heavy atom. The maximum atomic E-state index is 13.4. The van der Waals surface area contributed by atoms with Gasteiger partial charge in [-0.25, -0.2) is 13.2 Å². The number of nitrogens with zero attached hydrogens (tertiary/aromatic N) is 1. The highest BCUT2D eigenvalue weighted by Gasteiger charge is 2.36. The zero-order chi connectivity index (χ0) is 26.9. The second-order valence-electron chi connectivity index (χ2n) is 9.79. The van der Waals surface area contributed by atoms with E-state index in [9.17, 15) is 27.9 Å². The topological polar surface area (TPSA) is 133 Å². The lowest BCUT2D eigenvalue weighted by Gasteiger charge is -2.35.